The second kappa shape index (κ2) is 12.7. The third kappa shape index (κ3) is 6.71. The summed E-state index contributed by atoms with van der Waals surface area (Å²) in [5.41, 5.74) is 4.87. The number of benzene rings is 2. The minimum atomic E-state index is -0.236. The molecule has 2 aliphatic rings. The number of fused-ring (bicyclic) bond motifs is 3. The highest BCUT2D eigenvalue weighted by molar-refractivity contribution is 5.95. The highest BCUT2D eigenvalue weighted by atomic mass is 16.5. The van der Waals surface area contributed by atoms with Crippen molar-refractivity contribution in [3.63, 3.8) is 0 Å². The van der Waals surface area contributed by atoms with Crippen molar-refractivity contribution in [2.24, 2.45) is 0 Å². The van der Waals surface area contributed by atoms with Crippen molar-refractivity contribution < 1.29 is 23.6 Å². The van der Waals surface area contributed by atoms with Crippen molar-refractivity contribution in [1.29, 1.82) is 0 Å². The van der Waals surface area contributed by atoms with E-state index in [0.717, 1.165) is 41.2 Å². The fourth-order valence-electron chi connectivity index (χ4n) is 5.28. The van der Waals surface area contributed by atoms with Crippen LogP contribution in [0.25, 0.3) is 0 Å². The van der Waals surface area contributed by atoms with Crippen molar-refractivity contribution in [3.05, 3.63) is 76.2 Å². The molecule has 2 aliphatic heterocycles. The fraction of sp³-hybridized carbons (Fsp3) is 0.452. The van der Waals surface area contributed by atoms with Gasteiger partial charge in [0.05, 0.1) is 19.8 Å². The van der Waals surface area contributed by atoms with Gasteiger partial charge in [-0.2, -0.15) is 0 Å². The number of aryl methyl sites for hydroxylation is 1. The summed E-state index contributed by atoms with van der Waals surface area (Å²) in [7, 11) is 5.64. The fourth-order valence-corrected chi connectivity index (χ4v) is 5.28. The number of aromatic nitrogens is 1. The van der Waals surface area contributed by atoms with Gasteiger partial charge in [-0.25, -0.2) is 0 Å². The van der Waals surface area contributed by atoms with Gasteiger partial charge in [-0.3, -0.25) is 9.59 Å². The maximum atomic E-state index is 13.8. The molecule has 2 bridgehead atoms. The lowest BCUT2D eigenvalue weighted by atomic mass is 10.0. The number of hydrogen-bond donors (Lipinski definition) is 0. The number of carbonyl (C=O) groups is 2. The van der Waals surface area contributed by atoms with Gasteiger partial charge >= 0.3 is 0 Å². The quantitative estimate of drug-likeness (QED) is 0.480. The molecule has 0 spiro atoms. The summed E-state index contributed by atoms with van der Waals surface area (Å²) in [6.07, 6.45) is 0.618. The molecule has 10 heteroatoms. The molecule has 1 aromatic heterocycles. The molecule has 0 unspecified atom stereocenters. The van der Waals surface area contributed by atoms with Crippen LogP contribution in [0.4, 0.5) is 5.69 Å². The normalized spacial score (nSPS) is 16.8. The summed E-state index contributed by atoms with van der Waals surface area (Å²) in [6.45, 7) is 6.78. The number of hydrogen-bond acceptors (Lipinski definition) is 8. The zero-order valence-corrected chi connectivity index (χ0v) is 24.4. The van der Waals surface area contributed by atoms with E-state index in [4.69, 9.17) is 14.0 Å². The number of ether oxygens (including phenoxy) is 2. The van der Waals surface area contributed by atoms with Crippen molar-refractivity contribution in [2.45, 2.75) is 19.9 Å². The van der Waals surface area contributed by atoms with Crippen molar-refractivity contribution >= 4 is 17.5 Å². The summed E-state index contributed by atoms with van der Waals surface area (Å²) >= 11 is 0. The van der Waals surface area contributed by atoms with E-state index in [9.17, 15) is 9.59 Å². The summed E-state index contributed by atoms with van der Waals surface area (Å²) in [4.78, 5) is 34.8. The van der Waals surface area contributed by atoms with Gasteiger partial charge in [-0.1, -0.05) is 17.3 Å². The van der Waals surface area contributed by atoms with Crippen LogP contribution in [0, 0.1) is 6.92 Å². The lowest BCUT2D eigenvalue weighted by Crippen LogP contribution is -2.42. The van der Waals surface area contributed by atoms with Gasteiger partial charge in [0.25, 0.3) is 11.8 Å². The molecule has 0 saturated carbocycles. The van der Waals surface area contributed by atoms with Crippen LogP contribution in [0.3, 0.4) is 0 Å². The van der Waals surface area contributed by atoms with Crippen LogP contribution in [0.2, 0.25) is 0 Å². The molecule has 41 heavy (non-hydrogen) atoms. The highest BCUT2D eigenvalue weighted by Gasteiger charge is 2.26. The van der Waals surface area contributed by atoms with Crippen LogP contribution in [0.1, 0.15) is 43.3 Å². The number of amides is 2. The van der Waals surface area contributed by atoms with E-state index in [1.165, 1.54) is 0 Å². The molecule has 5 rings (SSSR count). The monoisotopic (exact) mass is 561 g/mol. The standard InChI is InChI=1S/C31H39N5O5/c1-22-27(21-33(2)3)29(32-41-22)31(38)36-11-10-34(4)30(37)24-7-5-6-23(18-24)19-25-20-26(35-12-15-39-16-13-35)8-9-28(25)40-17-14-36/h5-9,18,20H,10-17,19,21H2,1-4H3. The first kappa shape index (κ1) is 28.6. The summed E-state index contributed by atoms with van der Waals surface area (Å²) < 4.78 is 17.3. The van der Waals surface area contributed by atoms with Crippen LogP contribution in [0.5, 0.6) is 5.75 Å². The summed E-state index contributed by atoms with van der Waals surface area (Å²) in [6, 6.07) is 14.0. The summed E-state index contributed by atoms with van der Waals surface area (Å²) in [5.74, 6) is 1.07. The average molecular weight is 562 g/mol. The Hall–Kier alpha value is -3.89. The predicted molar refractivity (Wildman–Crippen MR) is 156 cm³/mol. The van der Waals surface area contributed by atoms with Gasteiger partial charge in [0.15, 0.2) is 5.69 Å². The zero-order chi connectivity index (χ0) is 28.9. The number of likely N-dealkylation sites (N-methyl/N-ethyl adjacent to an activating group) is 1. The second-order valence-corrected chi connectivity index (χ2v) is 10.9. The molecule has 1 fully saturated rings. The Morgan fingerprint density at radius 3 is 2.59 bits per heavy atom. The van der Waals surface area contributed by atoms with E-state index in [1.54, 1.807) is 16.8 Å². The van der Waals surface area contributed by atoms with Gasteiger partial charge in [-0.05, 0) is 56.9 Å². The Bertz CT molecular complexity index is 1380. The Kier molecular flexibility index (Phi) is 8.90. The molecule has 0 N–H and O–H groups in total. The van der Waals surface area contributed by atoms with Crippen LogP contribution in [0.15, 0.2) is 47.0 Å². The molecule has 3 aromatic rings. The molecule has 3 heterocycles. The van der Waals surface area contributed by atoms with E-state index in [0.29, 0.717) is 69.4 Å². The maximum absolute atomic E-state index is 13.8. The minimum Gasteiger partial charge on any atom is -0.491 e. The molecule has 2 amide bonds. The Labute approximate surface area is 241 Å². The van der Waals surface area contributed by atoms with Crippen molar-refractivity contribution in [3.8, 4) is 5.75 Å². The Balaban J connectivity index is 1.46. The third-order valence-corrected chi connectivity index (χ3v) is 7.61. The van der Waals surface area contributed by atoms with Crippen molar-refractivity contribution in [2.75, 3.05) is 78.6 Å². The van der Waals surface area contributed by atoms with Crippen molar-refractivity contribution in [1.82, 2.24) is 19.9 Å². The van der Waals surface area contributed by atoms with E-state index >= 15 is 0 Å². The lowest BCUT2D eigenvalue weighted by molar-refractivity contribution is 0.0660. The molecule has 0 radical (unpaired) electrons. The second-order valence-electron chi connectivity index (χ2n) is 10.9. The first-order chi connectivity index (χ1) is 19.8. The van der Waals surface area contributed by atoms with Crippen LogP contribution >= 0.6 is 0 Å². The number of rotatable bonds is 4. The first-order valence-electron chi connectivity index (χ1n) is 14.1. The van der Waals surface area contributed by atoms with Gasteiger partial charge in [-0.15, -0.1) is 0 Å². The van der Waals surface area contributed by atoms with Crippen LogP contribution < -0.4 is 9.64 Å². The van der Waals surface area contributed by atoms with Gasteiger partial charge in [0.2, 0.25) is 0 Å². The number of morpholine rings is 1. The van der Waals surface area contributed by atoms with E-state index in [2.05, 4.69) is 22.2 Å². The highest BCUT2D eigenvalue weighted by Crippen LogP contribution is 2.29. The maximum Gasteiger partial charge on any atom is 0.276 e. The van der Waals surface area contributed by atoms with Crippen LogP contribution in [-0.2, 0) is 17.7 Å². The molecule has 0 aliphatic carbocycles. The minimum absolute atomic E-state index is 0.0829. The zero-order valence-electron chi connectivity index (χ0n) is 24.4. The van der Waals surface area contributed by atoms with E-state index in [1.807, 2.05) is 56.3 Å². The Morgan fingerprint density at radius 2 is 1.80 bits per heavy atom. The molecular formula is C31H39N5O5. The van der Waals surface area contributed by atoms with Crippen LogP contribution in [-0.4, -0.2) is 105 Å². The van der Waals surface area contributed by atoms with E-state index in [-0.39, 0.29) is 11.8 Å². The van der Waals surface area contributed by atoms with Gasteiger partial charge in [0, 0.05) is 68.6 Å². The van der Waals surface area contributed by atoms with E-state index < -0.39 is 0 Å². The molecule has 1 saturated heterocycles. The number of anilines is 1. The predicted octanol–water partition coefficient (Wildman–Crippen LogP) is 3.08. The SMILES string of the molecule is Cc1onc(C(=O)N2CCOc3ccc(N4CCOCC4)cc3Cc3cccc(c3)C(=O)N(C)CC2)c1CN(C)C. The number of nitrogens with zero attached hydrogens (tertiary/aromatic N) is 5. The largest absolute Gasteiger partial charge is 0.491 e. The number of carbonyl (C=O) groups excluding carboxylic acids is 2. The lowest BCUT2D eigenvalue weighted by Gasteiger charge is -2.30. The Morgan fingerprint density at radius 1 is 1.00 bits per heavy atom. The average Bonchev–Trinajstić information content (AvgIpc) is 3.33. The molecular weight excluding hydrogens is 522 g/mol. The van der Waals surface area contributed by atoms with Gasteiger partial charge < -0.3 is 33.6 Å². The molecule has 218 valence electrons. The molecule has 2 aromatic carbocycles. The summed E-state index contributed by atoms with van der Waals surface area (Å²) in [5, 5.41) is 4.11. The third-order valence-electron chi connectivity index (χ3n) is 7.61. The molecule has 10 nitrogen and oxygen atoms in total. The first-order valence-corrected chi connectivity index (χ1v) is 14.1. The smallest absolute Gasteiger partial charge is 0.276 e. The van der Waals surface area contributed by atoms with Gasteiger partial charge in [0.1, 0.15) is 18.1 Å². The molecule has 0 atom stereocenters. The topological polar surface area (TPSA) is 91.6 Å².